The molecule has 0 amide bonds. The summed E-state index contributed by atoms with van der Waals surface area (Å²) in [4.78, 5) is 9.41. The number of anilines is 1. The minimum atomic E-state index is 0.278. The number of pyridine rings is 1. The number of rotatable bonds is 4. The maximum absolute atomic E-state index is 4.32. The molecule has 0 spiro atoms. The van der Waals surface area contributed by atoms with Crippen LogP contribution in [0.2, 0.25) is 0 Å². The van der Waals surface area contributed by atoms with E-state index >= 15 is 0 Å². The lowest BCUT2D eigenvalue weighted by atomic mass is 10.0. The number of hydrogen-bond donors (Lipinski definition) is 1. The Labute approximate surface area is 128 Å². The number of aromatic nitrogens is 1. The van der Waals surface area contributed by atoms with Crippen molar-refractivity contribution >= 4 is 5.69 Å². The lowest BCUT2D eigenvalue weighted by Crippen LogP contribution is -2.53. The zero-order valence-electron chi connectivity index (χ0n) is 13.6. The van der Waals surface area contributed by atoms with Crippen molar-refractivity contribution in [3.05, 3.63) is 24.0 Å². The van der Waals surface area contributed by atoms with Crippen LogP contribution in [0.1, 0.15) is 39.2 Å². The summed E-state index contributed by atoms with van der Waals surface area (Å²) in [6.45, 7) is 12.4. The van der Waals surface area contributed by atoms with Gasteiger partial charge >= 0.3 is 0 Å². The molecule has 1 saturated heterocycles. The van der Waals surface area contributed by atoms with Crippen LogP contribution in [0.4, 0.5) is 5.69 Å². The zero-order valence-corrected chi connectivity index (χ0v) is 13.6. The summed E-state index contributed by atoms with van der Waals surface area (Å²) in [5, 5.41) is 3.61. The summed E-state index contributed by atoms with van der Waals surface area (Å²) in [7, 11) is 0. The van der Waals surface area contributed by atoms with E-state index in [2.05, 4.69) is 46.9 Å². The maximum atomic E-state index is 4.32. The van der Waals surface area contributed by atoms with Crippen LogP contribution in [-0.2, 0) is 6.54 Å². The molecule has 0 radical (unpaired) electrons. The average Bonchev–Trinajstić information content (AvgIpc) is 3.29. The Hall–Kier alpha value is -1.13. The van der Waals surface area contributed by atoms with Gasteiger partial charge in [-0.25, -0.2) is 0 Å². The normalized spacial score (nSPS) is 20.8. The third-order valence-electron chi connectivity index (χ3n) is 4.61. The predicted octanol–water partition coefficient (Wildman–Crippen LogP) is 2.25. The highest BCUT2D eigenvalue weighted by atomic mass is 15.3. The van der Waals surface area contributed by atoms with Gasteiger partial charge in [0.15, 0.2) is 0 Å². The molecule has 21 heavy (non-hydrogen) atoms. The summed E-state index contributed by atoms with van der Waals surface area (Å²) < 4.78 is 0. The van der Waals surface area contributed by atoms with Gasteiger partial charge in [0.05, 0.1) is 0 Å². The minimum Gasteiger partial charge on any atom is -0.369 e. The molecule has 4 nitrogen and oxygen atoms in total. The molecule has 1 saturated carbocycles. The van der Waals surface area contributed by atoms with E-state index in [9.17, 15) is 0 Å². The van der Waals surface area contributed by atoms with Gasteiger partial charge in [0.2, 0.25) is 0 Å². The number of nitrogens with one attached hydrogen (secondary N) is 1. The second kappa shape index (κ2) is 5.93. The van der Waals surface area contributed by atoms with E-state index < -0.39 is 0 Å². The van der Waals surface area contributed by atoms with E-state index in [1.807, 2.05) is 12.4 Å². The first-order valence-electron chi connectivity index (χ1n) is 8.20. The van der Waals surface area contributed by atoms with Gasteiger partial charge in [-0.3, -0.25) is 9.88 Å². The van der Waals surface area contributed by atoms with Crippen LogP contribution in [0.25, 0.3) is 0 Å². The molecule has 1 aliphatic carbocycles. The van der Waals surface area contributed by atoms with E-state index in [1.54, 1.807) is 0 Å². The third kappa shape index (κ3) is 3.74. The fourth-order valence-corrected chi connectivity index (χ4v) is 3.02. The van der Waals surface area contributed by atoms with Crippen molar-refractivity contribution in [1.29, 1.82) is 0 Å². The van der Waals surface area contributed by atoms with Crippen LogP contribution in [0, 0.1) is 0 Å². The summed E-state index contributed by atoms with van der Waals surface area (Å²) in [6, 6.07) is 2.92. The van der Waals surface area contributed by atoms with Crippen molar-refractivity contribution in [2.24, 2.45) is 0 Å². The lowest BCUT2D eigenvalue weighted by molar-refractivity contribution is 0.128. The highest BCUT2D eigenvalue weighted by Gasteiger charge is 2.27. The summed E-state index contributed by atoms with van der Waals surface area (Å²) in [5.41, 5.74) is 2.99. The van der Waals surface area contributed by atoms with E-state index in [0.717, 1.165) is 38.8 Å². The molecular weight excluding hydrogens is 260 g/mol. The van der Waals surface area contributed by atoms with Crippen LogP contribution < -0.4 is 10.2 Å². The van der Waals surface area contributed by atoms with Crippen molar-refractivity contribution in [3.63, 3.8) is 0 Å². The fraction of sp³-hybridized carbons (Fsp3) is 0.706. The Balaban J connectivity index is 1.64. The van der Waals surface area contributed by atoms with Gasteiger partial charge in [-0.05, 0) is 39.7 Å². The topological polar surface area (TPSA) is 31.4 Å². The van der Waals surface area contributed by atoms with Gasteiger partial charge < -0.3 is 10.2 Å². The molecule has 1 aromatic heterocycles. The van der Waals surface area contributed by atoms with E-state index in [0.29, 0.717) is 0 Å². The van der Waals surface area contributed by atoms with Crippen molar-refractivity contribution in [3.8, 4) is 0 Å². The molecule has 0 bridgehead atoms. The van der Waals surface area contributed by atoms with Crippen molar-refractivity contribution in [1.82, 2.24) is 15.2 Å². The molecule has 2 heterocycles. The Morgan fingerprint density at radius 1 is 1.19 bits per heavy atom. The van der Waals surface area contributed by atoms with Gasteiger partial charge in [0, 0.05) is 67.9 Å². The highest BCUT2D eigenvalue weighted by Crippen LogP contribution is 2.25. The Morgan fingerprint density at radius 3 is 2.52 bits per heavy atom. The smallest absolute Gasteiger partial charge is 0.0443 e. The molecule has 116 valence electrons. The van der Waals surface area contributed by atoms with Crippen LogP contribution in [0.5, 0.6) is 0 Å². The standard InChI is InChI=1S/C17H28N4/c1-17(2,3)21-10-8-20(9-11-21)16-6-7-18-12-14(16)13-19-15-4-5-15/h6-7,12,15,19H,4-5,8-11,13H2,1-3H3. The molecule has 0 atom stereocenters. The quantitative estimate of drug-likeness (QED) is 0.921. The molecule has 1 aromatic rings. The van der Waals surface area contributed by atoms with Gasteiger partial charge in [0.1, 0.15) is 0 Å². The first-order valence-corrected chi connectivity index (χ1v) is 8.20. The highest BCUT2D eigenvalue weighted by molar-refractivity contribution is 5.52. The molecule has 3 rings (SSSR count). The Bertz CT molecular complexity index is 468. The van der Waals surface area contributed by atoms with Crippen molar-refractivity contribution in [2.45, 2.75) is 51.7 Å². The molecular formula is C17H28N4. The minimum absolute atomic E-state index is 0.278. The van der Waals surface area contributed by atoms with Crippen LogP contribution in [0.15, 0.2) is 18.5 Å². The molecule has 4 heteroatoms. The fourth-order valence-electron chi connectivity index (χ4n) is 3.02. The third-order valence-corrected chi connectivity index (χ3v) is 4.61. The monoisotopic (exact) mass is 288 g/mol. The zero-order chi connectivity index (χ0) is 14.9. The molecule has 1 aliphatic heterocycles. The second-order valence-electron chi connectivity index (χ2n) is 7.30. The number of hydrogen-bond acceptors (Lipinski definition) is 4. The first kappa shape index (κ1) is 14.8. The summed E-state index contributed by atoms with van der Waals surface area (Å²) in [6.07, 6.45) is 6.62. The molecule has 0 unspecified atom stereocenters. The first-order chi connectivity index (χ1) is 10.0. The Morgan fingerprint density at radius 2 is 1.90 bits per heavy atom. The largest absolute Gasteiger partial charge is 0.369 e. The van der Waals surface area contributed by atoms with Gasteiger partial charge in [-0.15, -0.1) is 0 Å². The van der Waals surface area contributed by atoms with E-state index in [4.69, 9.17) is 0 Å². The van der Waals surface area contributed by atoms with Crippen LogP contribution in [0.3, 0.4) is 0 Å². The van der Waals surface area contributed by atoms with Gasteiger partial charge in [-0.2, -0.15) is 0 Å². The number of nitrogens with zero attached hydrogens (tertiary/aromatic N) is 3. The van der Waals surface area contributed by atoms with Gasteiger partial charge in [-0.1, -0.05) is 0 Å². The van der Waals surface area contributed by atoms with Crippen LogP contribution >= 0.6 is 0 Å². The SMILES string of the molecule is CC(C)(C)N1CCN(c2ccncc2CNC2CC2)CC1. The predicted molar refractivity (Wildman–Crippen MR) is 87.6 cm³/mol. The molecule has 2 fully saturated rings. The lowest BCUT2D eigenvalue weighted by Gasteiger charge is -2.43. The average molecular weight is 288 g/mol. The molecule has 1 N–H and O–H groups in total. The second-order valence-corrected chi connectivity index (χ2v) is 7.30. The Kier molecular flexibility index (Phi) is 4.18. The van der Waals surface area contributed by atoms with Crippen LogP contribution in [-0.4, -0.2) is 47.6 Å². The summed E-state index contributed by atoms with van der Waals surface area (Å²) >= 11 is 0. The maximum Gasteiger partial charge on any atom is 0.0443 e. The van der Waals surface area contributed by atoms with E-state index in [-0.39, 0.29) is 5.54 Å². The number of piperazine rings is 1. The molecule has 0 aromatic carbocycles. The van der Waals surface area contributed by atoms with E-state index in [1.165, 1.54) is 24.1 Å². The van der Waals surface area contributed by atoms with Crippen molar-refractivity contribution < 1.29 is 0 Å². The van der Waals surface area contributed by atoms with Crippen molar-refractivity contribution in [2.75, 3.05) is 31.1 Å². The summed E-state index contributed by atoms with van der Waals surface area (Å²) in [5.74, 6) is 0. The van der Waals surface area contributed by atoms with Gasteiger partial charge in [0.25, 0.3) is 0 Å². The molecule has 2 aliphatic rings.